The summed E-state index contributed by atoms with van der Waals surface area (Å²) in [6.45, 7) is 3.28. The van der Waals surface area contributed by atoms with Crippen molar-refractivity contribution >= 4 is 29.2 Å². The van der Waals surface area contributed by atoms with Crippen LogP contribution in [0, 0.1) is 0 Å². The lowest BCUT2D eigenvalue weighted by molar-refractivity contribution is -0.280. The van der Waals surface area contributed by atoms with Crippen LogP contribution in [0.2, 0.25) is 0 Å². The predicted octanol–water partition coefficient (Wildman–Crippen LogP) is 0.385. The Kier molecular flexibility index (Phi) is 7.53. The number of carbonyl (C=O) groups is 3. The molecule has 1 aromatic heterocycles. The first-order valence-electron chi connectivity index (χ1n) is 14.1. The summed E-state index contributed by atoms with van der Waals surface area (Å²) in [5.41, 5.74) is 0.874. The Hall–Kier alpha value is -2.32. The Labute approximate surface area is 230 Å². The van der Waals surface area contributed by atoms with Crippen LogP contribution < -0.4 is 4.74 Å². The van der Waals surface area contributed by atoms with Crippen LogP contribution >= 0.6 is 11.3 Å². The van der Waals surface area contributed by atoms with E-state index in [4.69, 9.17) is 19.2 Å². The number of aromatic nitrogens is 1. The molecular weight excluding hydrogens is 528 g/mol. The Bertz CT molecular complexity index is 1070. The number of thiazole rings is 1. The van der Waals surface area contributed by atoms with Gasteiger partial charge >= 0.3 is 23.8 Å². The van der Waals surface area contributed by atoms with Crippen molar-refractivity contribution in [2.75, 3.05) is 32.7 Å². The van der Waals surface area contributed by atoms with Gasteiger partial charge in [0.1, 0.15) is 6.10 Å². The van der Waals surface area contributed by atoms with E-state index in [1.54, 1.807) is 0 Å². The molecule has 0 radical (unpaired) electrons. The smallest absolute Gasteiger partial charge is 0.404 e. The average Bonchev–Trinajstić information content (AvgIpc) is 3.29. The standard InChI is InChI=1S/C26H36N4O8S/c31-20-21(32)23(34)38-26(37-22(20)33,30-10-2-1-3-11-30)24(35)29-14-9-18-19(15-29)39-25(27-18)36-17-7-12-28(13-8-17)16-5-4-6-16/h16-17,20-21,31-32H,1-15H2. The Morgan fingerprint density at radius 3 is 2.21 bits per heavy atom. The molecule has 12 nitrogen and oxygen atoms in total. The molecule has 214 valence electrons. The van der Waals surface area contributed by atoms with Gasteiger partial charge in [-0.1, -0.05) is 24.2 Å². The van der Waals surface area contributed by atoms with Gasteiger partial charge < -0.3 is 34.2 Å². The second kappa shape index (κ2) is 10.9. The molecule has 2 atom stereocenters. The molecule has 1 aromatic rings. The fraction of sp³-hybridized carbons (Fsp3) is 0.769. The van der Waals surface area contributed by atoms with Crippen molar-refractivity contribution < 1.29 is 38.8 Å². The third-order valence-corrected chi connectivity index (χ3v) is 9.61. The van der Waals surface area contributed by atoms with Crippen LogP contribution in [-0.2, 0) is 36.8 Å². The minimum atomic E-state index is -2.37. The van der Waals surface area contributed by atoms with Crippen LogP contribution in [0.1, 0.15) is 61.9 Å². The number of carbonyl (C=O) groups excluding carboxylic acids is 3. The number of ether oxygens (including phenoxy) is 3. The van der Waals surface area contributed by atoms with Gasteiger partial charge in [-0.2, -0.15) is 0 Å². The molecule has 4 fully saturated rings. The molecular formula is C26H36N4O8S. The zero-order valence-corrected chi connectivity index (χ0v) is 22.8. The third kappa shape index (κ3) is 5.15. The molecule has 1 amide bonds. The highest BCUT2D eigenvalue weighted by Crippen LogP contribution is 2.36. The van der Waals surface area contributed by atoms with Crippen LogP contribution in [0.15, 0.2) is 0 Å². The lowest BCUT2D eigenvalue weighted by Gasteiger charge is -2.43. The first-order chi connectivity index (χ1) is 18.8. The molecule has 13 heteroatoms. The van der Waals surface area contributed by atoms with Gasteiger partial charge in [-0.05, 0) is 38.5 Å². The van der Waals surface area contributed by atoms with E-state index >= 15 is 0 Å². The number of esters is 2. The van der Waals surface area contributed by atoms with Crippen LogP contribution in [0.3, 0.4) is 0 Å². The molecule has 39 heavy (non-hydrogen) atoms. The minimum Gasteiger partial charge on any atom is -0.467 e. The SMILES string of the molecule is O=C1OC(C(=O)N2CCc3nc(OC4CCN(C5CCC5)CC4)sc3C2)(N2CCCCC2)OC(=O)C(O)C1O. The largest absolute Gasteiger partial charge is 0.467 e. The highest BCUT2D eigenvalue weighted by atomic mass is 32.1. The van der Waals surface area contributed by atoms with E-state index in [0.29, 0.717) is 37.5 Å². The monoisotopic (exact) mass is 564 g/mol. The van der Waals surface area contributed by atoms with Crippen molar-refractivity contribution in [3.8, 4) is 5.19 Å². The van der Waals surface area contributed by atoms with Crippen molar-refractivity contribution in [2.45, 2.75) is 94.6 Å². The van der Waals surface area contributed by atoms with Gasteiger partial charge in [0.25, 0.3) is 5.19 Å². The number of cyclic esters (lactones) is 2. The molecule has 2 N–H and O–H groups in total. The second-order valence-corrected chi connectivity index (χ2v) is 12.2. The van der Waals surface area contributed by atoms with Gasteiger partial charge in [-0.3, -0.25) is 4.79 Å². The highest BCUT2D eigenvalue weighted by Gasteiger charge is 2.59. The number of hydrogen-bond acceptors (Lipinski definition) is 12. The molecule has 0 bridgehead atoms. The molecule has 5 heterocycles. The van der Waals surface area contributed by atoms with Gasteiger partial charge in [0.15, 0.2) is 12.2 Å². The highest BCUT2D eigenvalue weighted by molar-refractivity contribution is 7.13. The molecule has 6 rings (SSSR count). The summed E-state index contributed by atoms with van der Waals surface area (Å²) < 4.78 is 17.1. The normalized spacial score (nSPS) is 31.6. The van der Waals surface area contributed by atoms with Crippen molar-refractivity contribution in [1.82, 2.24) is 19.7 Å². The van der Waals surface area contributed by atoms with Crippen molar-refractivity contribution in [1.29, 1.82) is 0 Å². The molecule has 4 aliphatic heterocycles. The molecule has 0 spiro atoms. The van der Waals surface area contributed by atoms with Crippen molar-refractivity contribution in [3.63, 3.8) is 0 Å². The number of likely N-dealkylation sites (tertiary alicyclic amines) is 2. The van der Waals surface area contributed by atoms with E-state index < -0.39 is 36.0 Å². The Balaban J connectivity index is 1.16. The summed E-state index contributed by atoms with van der Waals surface area (Å²) in [4.78, 5) is 50.3. The zero-order valence-electron chi connectivity index (χ0n) is 22.0. The predicted molar refractivity (Wildman–Crippen MR) is 136 cm³/mol. The molecule has 2 unspecified atom stereocenters. The van der Waals surface area contributed by atoms with Gasteiger partial charge in [-0.15, -0.1) is 0 Å². The van der Waals surface area contributed by atoms with Crippen LogP contribution in [0.25, 0.3) is 0 Å². The van der Waals surface area contributed by atoms with Gasteiger partial charge in [-0.25, -0.2) is 19.5 Å². The summed E-state index contributed by atoms with van der Waals surface area (Å²) >= 11 is 1.41. The number of nitrogens with zero attached hydrogens (tertiary/aromatic N) is 4. The van der Waals surface area contributed by atoms with E-state index in [0.717, 1.165) is 49.0 Å². The number of aliphatic hydroxyl groups excluding tert-OH is 2. The summed E-state index contributed by atoms with van der Waals surface area (Å²) in [6, 6.07) is 0.744. The lowest BCUT2D eigenvalue weighted by Crippen LogP contribution is -2.65. The number of fused-ring (bicyclic) bond motifs is 1. The molecule has 3 saturated heterocycles. The number of amides is 1. The number of rotatable bonds is 5. The lowest BCUT2D eigenvalue weighted by atomic mass is 9.90. The molecule has 0 aromatic carbocycles. The van der Waals surface area contributed by atoms with Crippen molar-refractivity contribution in [3.05, 3.63) is 10.6 Å². The molecule has 1 saturated carbocycles. The second-order valence-electron chi connectivity index (χ2n) is 11.1. The van der Waals surface area contributed by atoms with E-state index in [1.165, 1.54) is 40.4 Å². The number of piperidine rings is 2. The molecule has 5 aliphatic rings. The van der Waals surface area contributed by atoms with Gasteiger partial charge in [0, 0.05) is 45.2 Å². The maximum absolute atomic E-state index is 14.0. The fourth-order valence-electron chi connectivity index (χ4n) is 6.06. The maximum atomic E-state index is 14.0. The van der Waals surface area contributed by atoms with E-state index in [-0.39, 0.29) is 19.2 Å². The first kappa shape index (κ1) is 26.9. The topological polar surface area (TPSA) is 142 Å². The Morgan fingerprint density at radius 1 is 0.923 bits per heavy atom. The summed E-state index contributed by atoms with van der Waals surface area (Å²) in [7, 11) is 0. The van der Waals surface area contributed by atoms with E-state index in [1.807, 2.05) is 0 Å². The summed E-state index contributed by atoms with van der Waals surface area (Å²) in [6.07, 6.45) is 4.57. The summed E-state index contributed by atoms with van der Waals surface area (Å²) in [5.74, 6) is -5.64. The quantitative estimate of drug-likeness (QED) is 0.480. The van der Waals surface area contributed by atoms with E-state index in [2.05, 4.69) is 4.90 Å². The minimum absolute atomic E-state index is 0.122. The fourth-order valence-corrected chi connectivity index (χ4v) is 7.10. The number of aliphatic hydroxyl groups is 2. The van der Waals surface area contributed by atoms with Crippen LogP contribution in [0.4, 0.5) is 0 Å². The zero-order chi connectivity index (χ0) is 27.1. The molecule has 1 aliphatic carbocycles. The first-order valence-corrected chi connectivity index (χ1v) is 14.9. The third-order valence-electron chi connectivity index (χ3n) is 8.64. The average molecular weight is 565 g/mol. The maximum Gasteiger partial charge on any atom is 0.404 e. The van der Waals surface area contributed by atoms with Crippen LogP contribution in [-0.4, -0.2) is 111 Å². The number of hydrogen-bond donors (Lipinski definition) is 2. The Morgan fingerprint density at radius 2 is 1.59 bits per heavy atom. The summed E-state index contributed by atoms with van der Waals surface area (Å²) in [5, 5.41) is 20.7. The van der Waals surface area contributed by atoms with Gasteiger partial charge in [0.05, 0.1) is 17.1 Å². The van der Waals surface area contributed by atoms with Gasteiger partial charge in [0.2, 0.25) is 0 Å². The van der Waals surface area contributed by atoms with E-state index in [9.17, 15) is 24.6 Å². The van der Waals surface area contributed by atoms with Crippen molar-refractivity contribution in [2.24, 2.45) is 0 Å². The van der Waals surface area contributed by atoms with Crippen LogP contribution in [0.5, 0.6) is 5.19 Å².